The van der Waals surface area contributed by atoms with Crippen molar-refractivity contribution >= 4 is 15.7 Å². The first-order valence-corrected chi connectivity index (χ1v) is 7.02. The van der Waals surface area contributed by atoms with Crippen LogP contribution in [0.5, 0.6) is 0 Å². The summed E-state index contributed by atoms with van der Waals surface area (Å²) in [5, 5.41) is 0. The maximum atomic E-state index is 11.6. The smallest absolute Gasteiger partial charge is 0.232 e. The maximum Gasteiger partial charge on any atom is 0.232 e. The summed E-state index contributed by atoms with van der Waals surface area (Å²) in [6.07, 6.45) is 1.54. The summed E-state index contributed by atoms with van der Waals surface area (Å²) in [4.78, 5) is 0. The lowest BCUT2D eigenvalue weighted by atomic mass is 10.2. The lowest BCUT2D eigenvalue weighted by Crippen LogP contribution is -2.16. The van der Waals surface area contributed by atoms with Gasteiger partial charge in [-0.25, -0.2) is 8.42 Å². The molecule has 5 heteroatoms. The average molecular weight is 242 g/mol. The Bertz CT molecular complexity index is 429. The van der Waals surface area contributed by atoms with E-state index in [0.29, 0.717) is 18.7 Å². The summed E-state index contributed by atoms with van der Waals surface area (Å²) in [6, 6.07) is 7.13. The van der Waals surface area contributed by atoms with Crippen LogP contribution in [0.2, 0.25) is 0 Å². The Morgan fingerprint density at radius 2 is 2.12 bits per heavy atom. The summed E-state index contributed by atoms with van der Waals surface area (Å²) in [7, 11) is -3.21. The van der Waals surface area contributed by atoms with Gasteiger partial charge in [0.1, 0.15) is 0 Å². The minimum atomic E-state index is -3.21. The van der Waals surface area contributed by atoms with Gasteiger partial charge in [-0.2, -0.15) is 0 Å². The summed E-state index contributed by atoms with van der Waals surface area (Å²) in [5.74, 6) is 0.163. The summed E-state index contributed by atoms with van der Waals surface area (Å²) < 4.78 is 25.8. The van der Waals surface area contributed by atoms with Gasteiger partial charge in [-0.05, 0) is 24.1 Å². The Labute approximate surface area is 96.9 Å². The number of nitrogens with one attached hydrogen (secondary N) is 1. The van der Waals surface area contributed by atoms with Gasteiger partial charge in [0.05, 0.1) is 5.75 Å². The third-order valence-electron chi connectivity index (χ3n) is 2.20. The molecule has 4 nitrogen and oxygen atoms in total. The number of sulfonamides is 1. The van der Waals surface area contributed by atoms with E-state index >= 15 is 0 Å². The Morgan fingerprint density at radius 1 is 1.38 bits per heavy atom. The second kappa shape index (κ2) is 5.86. The maximum absolute atomic E-state index is 11.6. The molecule has 0 aliphatic carbocycles. The molecule has 0 aliphatic heterocycles. The topological polar surface area (TPSA) is 72.2 Å². The molecule has 16 heavy (non-hydrogen) atoms. The monoisotopic (exact) mass is 242 g/mol. The van der Waals surface area contributed by atoms with Gasteiger partial charge in [0.15, 0.2) is 0 Å². The second-order valence-electron chi connectivity index (χ2n) is 3.68. The van der Waals surface area contributed by atoms with Crippen LogP contribution in [0.25, 0.3) is 0 Å². The predicted molar refractivity (Wildman–Crippen MR) is 66.7 cm³/mol. The van der Waals surface area contributed by atoms with E-state index in [0.717, 1.165) is 12.0 Å². The van der Waals surface area contributed by atoms with E-state index in [2.05, 4.69) is 4.72 Å². The van der Waals surface area contributed by atoms with Gasteiger partial charge < -0.3 is 5.73 Å². The van der Waals surface area contributed by atoms with Gasteiger partial charge in [0.2, 0.25) is 10.0 Å². The number of rotatable bonds is 6. The van der Waals surface area contributed by atoms with Crippen LogP contribution in [0.1, 0.15) is 25.3 Å². The van der Waals surface area contributed by atoms with Crippen LogP contribution in [-0.4, -0.2) is 14.2 Å². The fraction of sp³-hybridized carbons (Fsp3) is 0.455. The Morgan fingerprint density at radius 3 is 2.75 bits per heavy atom. The van der Waals surface area contributed by atoms with Crippen molar-refractivity contribution in [1.29, 1.82) is 0 Å². The van der Waals surface area contributed by atoms with Crippen LogP contribution >= 0.6 is 0 Å². The number of unbranched alkanes of at least 4 members (excludes halogenated alkanes) is 1. The first kappa shape index (κ1) is 13.0. The van der Waals surface area contributed by atoms with Crippen LogP contribution in [0.3, 0.4) is 0 Å². The molecule has 1 aromatic rings. The van der Waals surface area contributed by atoms with Gasteiger partial charge in [0.25, 0.3) is 0 Å². The lowest BCUT2D eigenvalue weighted by molar-refractivity contribution is 0.598. The van der Waals surface area contributed by atoms with Gasteiger partial charge >= 0.3 is 0 Å². The minimum absolute atomic E-state index is 0.163. The molecule has 0 unspecified atom stereocenters. The van der Waals surface area contributed by atoms with Crippen LogP contribution in [0, 0.1) is 0 Å². The summed E-state index contributed by atoms with van der Waals surface area (Å²) in [6.45, 7) is 2.37. The third-order valence-corrected chi connectivity index (χ3v) is 3.58. The molecule has 0 fully saturated rings. The zero-order valence-corrected chi connectivity index (χ0v) is 10.3. The molecule has 0 aromatic heterocycles. The highest BCUT2D eigenvalue weighted by atomic mass is 32.2. The molecule has 90 valence electrons. The highest BCUT2D eigenvalue weighted by Gasteiger charge is 2.09. The molecular weight excluding hydrogens is 224 g/mol. The number of hydrogen-bond donors (Lipinski definition) is 2. The molecule has 0 spiro atoms. The molecule has 0 heterocycles. The van der Waals surface area contributed by atoms with E-state index < -0.39 is 10.0 Å². The summed E-state index contributed by atoms with van der Waals surface area (Å²) in [5.41, 5.74) is 6.98. The zero-order valence-electron chi connectivity index (χ0n) is 9.44. The van der Waals surface area contributed by atoms with E-state index in [4.69, 9.17) is 5.73 Å². The molecule has 1 rings (SSSR count). The van der Waals surface area contributed by atoms with Crippen molar-refractivity contribution in [2.24, 2.45) is 5.73 Å². The highest BCUT2D eigenvalue weighted by molar-refractivity contribution is 7.92. The van der Waals surface area contributed by atoms with E-state index in [-0.39, 0.29) is 5.75 Å². The second-order valence-corrected chi connectivity index (χ2v) is 5.52. The van der Waals surface area contributed by atoms with Crippen LogP contribution < -0.4 is 10.5 Å². The van der Waals surface area contributed by atoms with Crippen molar-refractivity contribution in [3.05, 3.63) is 29.8 Å². The molecule has 0 amide bonds. The number of nitrogens with two attached hydrogens (primary N) is 1. The first-order valence-electron chi connectivity index (χ1n) is 5.37. The van der Waals surface area contributed by atoms with Crippen molar-refractivity contribution in [2.45, 2.75) is 26.3 Å². The predicted octanol–water partition coefficient (Wildman–Crippen LogP) is 1.69. The van der Waals surface area contributed by atoms with Crippen molar-refractivity contribution in [3.63, 3.8) is 0 Å². The van der Waals surface area contributed by atoms with Crippen molar-refractivity contribution in [1.82, 2.24) is 0 Å². The number of benzene rings is 1. The molecule has 1 aromatic carbocycles. The molecule has 0 radical (unpaired) electrons. The van der Waals surface area contributed by atoms with Crippen LogP contribution in [0.15, 0.2) is 24.3 Å². The number of hydrogen-bond acceptors (Lipinski definition) is 3. The minimum Gasteiger partial charge on any atom is -0.326 e. The van der Waals surface area contributed by atoms with E-state index in [1.54, 1.807) is 18.2 Å². The molecule has 0 atom stereocenters. The molecular formula is C11H18N2O2S. The van der Waals surface area contributed by atoms with Gasteiger partial charge in [-0.3, -0.25) is 4.72 Å². The standard InChI is InChI=1S/C11H18N2O2S/c1-2-3-7-16(14,15)13-11-6-4-5-10(8-11)9-12/h4-6,8,13H,2-3,7,9,12H2,1H3. The Kier molecular flexibility index (Phi) is 4.76. The van der Waals surface area contributed by atoms with Crippen LogP contribution in [-0.2, 0) is 16.6 Å². The normalized spacial score (nSPS) is 11.4. The van der Waals surface area contributed by atoms with Crippen molar-refractivity contribution in [2.75, 3.05) is 10.5 Å². The molecule has 0 saturated carbocycles. The molecule has 0 saturated heterocycles. The zero-order chi connectivity index (χ0) is 12.0. The Hall–Kier alpha value is -1.07. The fourth-order valence-electron chi connectivity index (χ4n) is 1.33. The van der Waals surface area contributed by atoms with E-state index in [1.807, 2.05) is 13.0 Å². The first-order chi connectivity index (χ1) is 7.57. The van der Waals surface area contributed by atoms with E-state index in [9.17, 15) is 8.42 Å². The van der Waals surface area contributed by atoms with Gasteiger partial charge in [0, 0.05) is 12.2 Å². The highest BCUT2D eigenvalue weighted by Crippen LogP contribution is 2.12. The van der Waals surface area contributed by atoms with Crippen LogP contribution in [0.4, 0.5) is 5.69 Å². The van der Waals surface area contributed by atoms with Gasteiger partial charge in [-0.15, -0.1) is 0 Å². The van der Waals surface area contributed by atoms with Gasteiger partial charge in [-0.1, -0.05) is 25.5 Å². The molecule has 0 aliphatic rings. The van der Waals surface area contributed by atoms with E-state index in [1.165, 1.54) is 0 Å². The molecule has 3 N–H and O–H groups in total. The Balaban J connectivity index is 2.72. The third kappa shape index (κ3) is 4.20. The number of anilines is 1. The largest absolute Gasteiger partial charge is 0.326 e. The fourth-order valence-corrected chi connectivity index (χ4v) is 2.58. The quantitative estimate of drug-likeness (QED) is 0.797. The van der Waals surface area contributed by atoms with Crippen molar-refractivity contribution in [3.8, 4) is 0 Å². The SMILES string of the molecule is CCCCS(=O)(=O)Nc1cccc(CN)c1. The molecule has 0 bridgehead atoms. The lowest BCUT2D eigenvalue weighted by Gasteiger charge is -2.08. The van der Waals surface area contributed by atoms with Crippen molar-refractivity contribution < 1.29 is 8.42 Å². The average Bonchev–Trinajstić information content (AvgIpc) is 2.26. The summed E-state index contributed by atoms with van der Waals surface area (Å²) >= 11 is 0.